The first-order chi connectivity index (χ1) is 9.27. The zero-order valence-corrected chi connectivity index (χ0v) is 14.0. The Kier molecular flexibility index (Phi) is 4.05. The van der Waals surface area contributed by atoms with Gasteiger partial charge in [-0.3, -0.25) is 14.5 Å². The van der Waals surface area contributed by atoms with Crippen LogP contribution in [0.4, 0.5) is 0 Å². The van der Waals surface area contributed by atoms with E-state index >= 15 is 0 Å². The average molecular weight is 338 g/mol. The first-order valence-corrected chi connectivity index (χ1v) is 7.77. The van der Waals surface area contributed by atoms with Gasteiger partial charge in [0.25, 0.3) is 5.91 Å². The van der Waals surface area contributed by atoms with Crippen LogP contribution in [0.1, 0.15) is 53.5 Å². The van der Waals surface area contributed by atoms with Crippen molar-refractivity contribution in [2.75, 3.05) is 7.05 Å². The third-order valence-corrected chi connectivity index (χ3v) is 6.04. The van der Waals surface area contributed by atoms with E-state index in [0.717, 1.165) is 17.5 Å². The molecule has 1 aromatic carbocycles. The molecule has 0 fully saturated rings. The molecule has 0 saturated heterocycles. The Bertz CT molecular complexity index is 566. The number of rotatable bonds is 3. The molecule has 0 radical (unpaired) electrons. The second-order valence-corrected chi connectivity index (χ2v) is 6.97. The van der Waals surface area contributed by atoms with Gasteiger partial charge in [0.2, 0.25) is 5.91 Å². The van der Waals surface area contributed by atoms with E-state index in [9.17, 15) is 9.59 Å². The fraction of sp³-hybridized carbons (Fsp3) is 0.500. The molecule has 3 nitrogen and oxygen atoms in total. The van der Waals surface area contributed by atoms with Crippen LogP contribution in [0.2, 0.25) is 0 Å². The van der Waals surface area contributed by atoms with Gasteiger partial charge in [-0.25, -0.2) is 0 Å². The highest BCUT2D eigenvalue weighted by Crippen LogP contribution is 2.43. The second kappa shape index (κ2) is 5.32. The normalized spacial score (nSPS) is 17.1. The van der Waals surface area contributed by atoms with E-state index in [1.807, 2.05) is 18.2 Å². The average Bonchev–Trinajstić information content (AvgIpc) is 2.44. The van der Waals surface area contributed by atoms with Gasteiger partial charge in [-0.15, -0.1) is 0 Å². The van der Waals surface area contributed by atoms with Gasteiger partial charge in [0.1, 0.15) is 0 Å². The maximum absolute atomic E-state index is 12.2. The number of fused-ring (bicyclic) bond motifs is 1. The molecule has 20 heavy (non-hydrogen) atoms. The number of benzene rings is 1. The summed E-state index contributed by atoms with van der Waals surface area (Å²) < 4.78 is 0. The highest BCUT2D eigenvalue weighted by Gasteiger charge is 2.31. The van der Waals surface area contributed by atoms with E-state index in [4.69, 9.17) is 0 Å². The molecular formula is C16H20BrNO2. The van der Waals surface area contributed by atoms with Gasteiger partial charge < -0.3 is 0 Å². The SMILES string of the molecule is CCC(C)(C)C(Br)c1ccc2c(c1)C(=O)N(C)C(=O)C2. The van der Waals surface area contributed by atoms with Crippen LogP contribution >= 0.6 is 15.9 Å². The van der Waals surface area contributed by atoms with Gasteiger partial charge in [0.15, 0.2) is 0 Å². The first kappa shape index (κ1) is 15.2. The summed E-state index contributed by atoms with van der Waals surface area (Å²) in [6, 6.07) is 5.85. The van der Waals surface area contributed by atoms with Crippen LogP contribution < -0.4 is 0 Å². The van der Waals surface area contributed by atoms with Crippen molar-refractivity contribution in [2.24, 2.45) is 5.41 Å². The topological polar surface area (TPSA) is 37.4 Å². The molecule has 0 N–H and O–H groups in total. The Morgan fingerprint density at radius 3 is 2.60 bits per heavy atom. The number of halogens is 1. The maximum atomic E-state index is 12.2. The monoisotopic (exact) mass is 337 g/mol. The van der Waals surface area contributed by atoms with E-state index in [1.54, 1.807) is 7.05 Å². The summed E-state index contributed by atoms with van der Waals surface area (Å²) in [7, 11) is 1.54. The smallest absolute Gasteiger partial charge is 0.260 e. The Hall–Kier alpha value is -1.16. The van der Waals surface area contributed by atoms with Gasteiger partial charge in [-0.2, -0.15) is 0 Å². The van der Waals surface area contributed by atoms with Crippen molar-refractivity contribution in [3.05, 3.63) is 34.9 Å². The van der Waals surface area contributed by atoms with Crippen LogP contribution in [0.15, 0.2) is 18.2 Å². The third kappa shape index (κ3) is 2.53. The molecule has 0 aromatic heterocycles. The van der Waals surface area contributed by atoms with Gasteiger partial charge in [0.05, 0.1) is 6.42 Å². The van der Waals surface area contributed by atoms with E-state index in [-0.39, 0.29) is 22.1 Å². The fourth-order valence-corrected chi connectivity index (χ4v) is 2.92. The van der Waals surface area contributed by atoms with Gasteiger partial charge in [0, 0.05) is 17.4 Å². The summed E-state index contributed by atoms with van der Waals surface area (Å²) in [6.45, 7) is 6.55. The summed E-state index contributed by atoms with van der Waals surface area (Å²) >= 11 is 3.75. The lowest BCUT2D eigenvalue weighted by Crippen LogP contribution is -2.39. The van der Waals surface area contributed by atoms with Crippen LogP contribution in [-0.2, 0) is 11.2 Å². The van der Waals surface area contributed by atoms with Gasteiger partial charge >= 0.3 is 0 Å². The molecule has 1 atom stereocenters. The van der Waals surface area contributed by atoms with Crippen molar-refractivity contribution in [1.82, 2.24) is 4.90 Å². The molecule has 0 aliphatic carbocycles. The number of likely N-dealkylation sites (N-methyl/N-ethyl adjacent to an activating group) is 1. The summed E-state index contributed by atoms with van der Waals surface area (Å²) in [5.41, 5.74) is 2.68. The molecule has 1 aliphatic heterocycles. The Morgan fingerprint density at radius 2 is 2.00 bits per heavy atom. The lowest BCUT2D eigenvalue weighted by molar-refractivity contribution is -0.127. The van der Waals surface area contributed by atoms with E-state index in [1.165, 1.54) is 4.90 Å². The third-order valence-electron chi connectivity index (χ3n) is 4.27. The zero-order valence-electron chi connectivity index (χ0n) is 12.4. The van der Waals surface area contributed by atoms with Crippen LogP contribution in [0, 0.1) is 5.41 Å². The summed E-state index contributed by atoms with van der Waals surface area (Å²) in [4.78, 5) is 25.3. The van der Waals surface area contributed by atoms with Crippen molar-refractivity contribution in [2.45, 2.75) is 38.4 Å². The number of alkyl halides is 1. The van der Waals surface area contributed by atoms with Crippen molar-refractivity contribution in [3.63, 3.8) is 0 Å². The molecule has 0 saturated carbocycles. The molecule has 0 bridgehead atoms. The summed E-state index contributed by atoms with van der Waals surface area (Å²) in [5.74, 6) is -0.341. The summed E-state index contributed by atoms with van der Waals surface area (Å²) in [6.07, 6.45) is 1.34. The molecule has 0 spiro atoms. The number of hydrogen-bond donors (Lipinski definition) is 0. The molecular weight excluding hydrogens is 318 g/mol. The minimum atomic E-state index is -0.202. The largest absolute Gasteiger partial charge is 0.281 e. The predicted octanol–water partition coefficient (Wildman–Crippen LogP) is 3.71. The number of hydrogen-bond acceptors (Lipinski definition) is 2. The first-order valence-electron chi connectivity index (χ1n) is 6.85. The predicted molar refractivity (Wildman–Crippen MR) is 83.0 cm³/mol. The lowest BCUT2D eigenvalue weighted by Gasteiger charge is -2.31. The number of nitrogens with zero attached hydrogens (tertiary/aromatic N) is 1. The van der Waals surface area contributed by atoms with E-state index < -0.39 is 0 Å². The second-order valence-electron chi connectivity index (χ2n) is 6.06. The number of amides is 2. The highest BCUT2D eigenvalue weighted by molar-refractivity contribution is 9.09. The highest BCUT2D eigenvalue weighted by atomic mass is 79.9. The van der Waals surface area contributed by atoms with Crippen LogP contribution in [-0.4, -0.2) is 23.8 Å². The minimum absolute atomic E-state index is 0.105. The Morgan fingerprint density at radius 1 is 1.35 bits per heavy atom. The number of imide groups is 1. The molecule has 2 rings (SSSR count). The molecule has 2 amide bonds. The molecule has 1 aliphatic rings. The van der Waals surface area contributed by atoms with Crippen molar-refractivity contribution >= 4 is 27.7 Å². The lowest BCUT2D eigenvalue weighted by atomic mass is 9.82. The van der Waals surface area contributed by atoms with Gasteiger partial charge in [-0.1, -0.05) is 48.8 Å². The van der Waals surface area contributed by atoms with E-state index in [2.05, 4.69) is 36.7 Å². The van der Waals surface area contributed by atoms with Crippen LogP contribution in [0.25, 0.3) is 0 Å². The quantitative estimate of drug-likeness (QED) is 0.622. The minimum Gasteiger partial charge on any atom is -0.281 e. The molecule has 1 heterocycles. The van der Waals surface area contributed by atoms with Crippen molar-refractivity contribution in [1.29, 1.82) is 0 Å². The maximum Gasteiger partial charge on any atom is 0.260 e. The summed E-state index contributed by atoms with van der Waals surface area (Å²) in [5, 5.41) is 0. The van der Waals surface area contributed by atoms with Crippen LogP contribution in [0.3, 0.4) is 0 Å². The van der Waals surface area contributed by atoms with Gasteiger partial charge in [-0.05, 0) is 29.0 Å². The Labute approximate surface area is 128 Å². The number of carbonyl (C=O) groups excluding carboxylic acids is 2. The standard InChI is InChI=1S/C16H20BrNO2/c1-5-16(2,3)14(17)11-7-6-10-9-13(19)18(4)15(20)12(10)8-11/h6-8,14H,5,9H2,1-4H3. The molecule has 4 heteroatoms. The Balaban J connectivity index is 2.42. The zero-order chi connectivity index (χ0) is 15.1. The van der Waals surface area contributed by atoms with E-state index in [0.29, 0.717) is 12.0 Å². The van der Waals surface area contributed by atoms with Crippen molar-refractivity contribution < 1.29 is 9.59 Å². The fourth-order valence-electron chi connectivity index (χ4n) is 2.31. The van der Waals surface area contributed by atoms with Crippen LogP contribution in [0.5, 0.6) is 0 Å². The molecule has 1 unspecified atom stereocenters. The van der Waals surface area contributed by atoms with Crippen molar-refractivity contribution in [3.8, 4) is 0 Å². The number of carbonyl (C=O) groups is 2. The molecule has 1 aromatic rings. The molecule has 108 valence electrons.